The summed E-state index contributed by atoms with van der Waals surface area (Å²) in [6.07, 6.45) is 0. The Hall–Kier alpha value is -3.17. The maximum atomic E-state index is 12.0. The van der Waals surface area contributed by atoms with Crippen molar-refractivity contribution >= 4 is 17.5 Å². The molecule has 0 radical (unpaired) electrons. The van der Waals surface area contributed by atoms with Gasteiger partial charge < -0.3 is 4.42 Å². The van der Waals surface area contributed by atoms with Crippen molar-refractivity contribution in [1.82, 2.24) is 20.6 Å². The number of hydrogen-bond acceptors (Lipinski definition) is 6. The number of nitrogens with one attached hydrogen (secondary N) is 2. The van der Waals surface area contributed by atoms with Crippen molar-refractivity contribution in [2.45, 2.75) is 34.2 Å². The van der Waals surface area contributed by atoms with Gasteiger partial charge in [0.2, 0.25) is 0 Å². The summed E-state index contributed by atoms with van der Waals surface area (Å²) in [4.78, 5) is 34.2. The van der Waals surface area contributed by atoms with Crippen LogP contribution in [0.2, 0.25) is 0 Å². The van der Waals surface area contributed by atoms with Crippen LogP contribution in [0.3, 0.4) is 0 Å². The molecule has 0 aliphatic carbocycles. The topological polar surface area (TPSA) is 132 Å². The molecular weight excluding hydrogens is 318 g/mol. The summed E-state index contributed by atoms with van der Waals surface area (Å²) in [5.41, 5.74) is 5.17. The molecule has 0 unspecified atom stereocenters. The molecule has 0 aromatic carbocycles. The number of aromatic nitrogens is 2. The van der Waals surface area contributed by atoms with Crippen molar-refractivity contribution in [3.05, 3.63) is 44.7 Å². The molecular formula is C14H17N5O5. The lowest BCUT2D eigenvalue weighted by atomic mass is 10.2. The van der Waals surface area contributed by atoms with E-state index >= 15 is 0 Å². The maximum absolute atomic E-state index is 12.0. The van der Waals surface area contributed by atoms with Crippen LogP contribution < -0.4 is 10.9 Å². The first-order valence-corrected chi connectivity index (χ1v) is 7.05. The fourth-order valence-electron chi connectivity index (χ4n) is 2.33. The molecule has 10 heteroatoms. The summed E-state index contributed by atoms with van der Waals surface area (Å²) in [5, 5.41) is 14.9. The first-order chi connectivity index (χ1) is 11.2. The van der Waals surface area contributed by atoms with E-state index in [9.17, 15) is 19.7 Å². The highest BCUT2D eigenvalue weighted by atomic mass is 16.6. The van der Waals surface area contributed by atoms with E-state index in [-0.39, 0.29) is 23.6 Å². The van der Waals surface area contributed by atoms with E-state index in [0.29, 0.717) is 17.1 Å². The van der Waals surface area contributed by atoms with E-state index in [1.165, 1.54) is 18.5 Å². The first-order valence-electron chi connectivity index (χ1n) is 7.05. The molecule has 0 saturated carbocycles. The fourth-order valence-corrected chi connectivity index (χ4v) is 2.33. The zero-order chi connectivity index (χ0) is 18.0. The number of furan rings is 1. The summed E-state index contributed by atoms with van der Waals surface area (Å²) < 4.78 is 6.45. The predicted molar refractivity (Wildman–Crippen MR) is 82.1 cm³/mol. The second-order valence-electron chi connectivity index (χ2n) is 5.26. The Morgan fingerprint density at radius 1 is 1.29 bits per heavy atom. The fraction of sp³-hybridized carbons (Fsp3) is 0.357. The molecule has 2 heterocycles. The van der Waals surface area contributed by atoms with Crippen molar-refractivity contribution in [3.8, 4) is 0 Å². The van der Waals surface area contributed by atoms with E-state index in [1.54, 1.807) is 19.9 Å². The Kier molecular flexibility index (Phi) is 4.67. The van der Waals surface area contributed by atoms with Gasteiger partial charge >= 0.3 is 5.69 Å². The minimum absolute atomic E-state index is 0.128. The van der Waals surface area contributed by atoms with E-state index in [1.807, 2.05) is 0 Å². The van der Waals surface area contributed by atoms with Crippen molar-refractivity contribution < 1.29 is 18.9 Å². The number of nitro groups is 1. The minimum atomic E-state index is -0.568. The number of carbonyl (C=O) groups is 2. The van der Waals surface area contributed by atoms with Gasteiger partial charge in [0.25, 0.3) is 11.8 Å². The van der Waals surface area contributed by atoms with Gasteiger partial charge in [-0.25, -0.2) is 0 Å². The van der Waals surface area contributed by atoms with Crippen molar-refractivity contribution in [2.24, 2.45) is 0 Å². The average molecular weight is 335 g/mol. The molecule has 2 N–H and O–H groups in total. The second kappa shape index (κ2) is 6.52. The molecule has 10 nitrogen and oxygen atoms in total. The van der Waals surface area contributed by atoms with E-state index in [0.717, 1.165) is 0 Å². The molecule has 0 fully saturated rings. The highest BCUT2D eigenvalue weighted by Crippen LogP contribution is 2.21. The smallest absolute Gasteiger partial charge is 0.312 e. The molecule has 2 aromatic rings. The Morgan fingerprint density at radius 3 is 2.46 bits per heavy atom. The molecule has 0 atom stereocenters. The van der Waals surface area contributed by atoms with Crippen molar-refractivity contribution in [3.63, 3.8) is 0 Å². The normalized spacial score (nSPS) is 10.5. The van der Waals surface area contributed by atoms with Crippen LogP contribution in [-0.2, 0) is 11.3 Å². The third-order valence-corrected chi connectivity index (χ3v) is 3.42. The maximum Gasteiger partial charge on any atom is 0.312 e. The Balaban J connectivity index is 1.99. The van der Waals surface area contributed by atoms with Crippen LogP contribution in [0.1, 0.15) is 33.3 Å². The Morgan fingerprint density at radius 2 is 1.96 bits per heavy atom. The molecule has 0 aliphatic heterocycles. The van der Waals surface area contributed by atoms with Gasteiger partial charge in [0.1, 0.15) is 29.5 Å². The highest BCUT2D eigenvalue weighted by molar-refractivity contribution is 5.96. The van der Waals surface area contributed by atoms with Crippen LogP contribution in [-0.4, -0.2) is 26.5 Å². The van der Waals surface area contributed by atoms with Crippen LogP contribution in [0.5, 0.6) is 0 Å². The lowest BCUT2D eigenvalue weighted by Gasteiger charge is -2.07. The van der Waals surface area contributed by atoms with Crippen LogP contribution in [0.4, 0.5) is 5.69 Å². The number of aryl methyl sites for hydroxylation is 3. The predicted octanol–water partition coefficient (Wildman–Crippen LogP) is 1.08. The van der Waals surface area contributed by atoms with Crippen LogP contribution >= 0.6 is 0 Å². The van der Waals surface area contributed by atoms with Gasteiger partial charge in [0.15, 0.2) is 0 Å². The van der Waals surface area contributed by atoms with Gasteiger partial charge in [-0.05, 0) is 33.8 Å². The number of carbonyl (C=O) groups excluding carboxylic acids is 2. The molecule has 2 amide bonds. The van der Waals surface area contributed by atoms with Crippen molar-refractivity contribution in [2.75, 3.05) is 0 Å². The van der Waals surface area contributed by atoms with Gasteiger partial charge in [-0.15, -0.1) is 0 Å². The number of hydrazine groups is 1. The number of amides is 2. The van der Waals surface area contributed by atoms with Crippen LogP contribution in [0.15, 0.2) is 10.5 Å². The summed E-state index contributed by atoms with van der Waals surface area (Å²) in [5.74, 6) is -0.0638. The molecule has 0 spiro atoms. The third kappa shape index (κ3) is 3.42. The van der Waals surface area contributed by atoms with Gasteiger partial charge in [0.05, 0.1) is 10.5 Å². The molecule has 128 valence electrons. The van der Waals surface area contributed by atoms with Crippen LogP contribution in [0.25, 0.3) is 0 Å². The highest BCUT2D eigenvalue weighted by Gasteiger charge is 2.23. The summed E-state index contributed by atoms with van der Waals surface area (Å²) in [7, 11) is 0. The second-order valence-corrected chi connectivity index (χ2v) is 5.26. The van der Waals surface area contributed by atoms with Gasteiger partial charge in [0, 0.05) is 0 Å². The van der Waals surface area contributed by atoms with E-state index < -0.39 is 16.7 Å². The van der Waals surface area contributed by atoms with E-state index in [4.69, 9.17) is 4.42 Å². The first kappa shape index (κ1) is 17.2. The van der Waals surface area contributed by atoms with E-state index in [2.05, 4.69) is 16.0 Å². The standard InChI is InChI=1S/C14H17N5O5/c1-7-5-11(10(4)24-7)14(21)16-15-12(20)6-18-9(3)13(19(22)23)8(2)17-18/h5H,6H2,1-4H3,(H,15,20)(H,16,21). The molecule has 2 rings (SSSR count). The number of nitrogens with zero attached hydrogens (tertiary/aromatic N) is 3. The monoisotopic (exact) mass is 335 g/mol. The lowest BCUT2D eigenvalue weighted by molar-refractivity contribution is -0.386. The zero-order valence-corrected chi connectivity index (χ0v) is 13.7. The van der Waals surface area contributed by atoms with Gasteiger partial charge in [-0.1, -0.05) is 0 Å². The van der Waals surface area contributed by atoms with Gasteiger partial charge in [-0.2, -0.15) is 5.10 Å². The third-order valence-electron chi connectivity index (χ3n) is 3.42. The van der Waals surface area contributed by atoms with Crippen LogP contribution in [0, 0.1) is 37.8 Å². The number of rotatable bonds is 4. The minimum Gasteiger partial charge on any atom is -0.466 e. The molecule has 2 aromatic heterocycles. The quantitative estimate of drug-likeness (QED) is 0.634. The van der Waals surface area contributed by atoms with Crippen molar-refractivity contribution in [1.29, 1.82) is 0 Å². The lowest BCUT2D eigenvalue weighted by Crippen LogP contribution is -2.43. The Bertz CT molecular complexity index is 820. The average Bonchev–Trinajstić information content (AvgIpc) is 2.95. The summed E-state index contributed by atoms with van der Waals surface area (Å²) in [6.45, 7) is 6.08. The largest absolute Gasteiger partial charge is 0.466 e. The summed E-state index contributed by atoms with van der Waals surface area (Å²) >= 11 is 0. The Labute approximate surface area is 136 Å². The molecule has 24 heavy (non-hydrogen) atoms. The molecule has 0 saturated heterocycles. The molecule has 0 aliphatic rings. The van der Waals surface area contributed by atoms with Gasteiger partial charge in [-0.3, -0.25) is 35.2 Å². The summed E-state index contributed by atoms with van der Waals surface area (Å²) in [6, 6.07) is 1.56. The SMILES string of the molecule is Cc1cc(C(=O)NNC(=O)Cn2nc(C)c([N+](=O)[O-])c2C)c(C)o1. The molecule has 0 bridgehead atoms. The zero-order valence-electron chi connectivity index (χ0n) is 13.7. The number of hydrogen-bond donors (Lipinski definition) is 2.